The third kappa shape index (κ3) is 5.23. The second kappa shape index (κ2) is 9.33. The Kier molecular flexibility index (Phi) is 6.98. The first-order valence-corrected chi connectivity index (χ1v) is 10.1. The SMILES string of the molecule is Cl.NC(=O)CC[C@@]1(O)CCC[C@H](Nc2nc(-c3c[nH]c4ncc(Cl)cc34)ncc2F)C1. The molecule has 3 aromatic rings. The number of aromatic amines is 1. The van der Waals surface area contributed by atoms with Crippen molar-refractivity contribution in [1.82, 2.24) is 19.9 Å². The molecule has 11 heteroatoms. The quantitative estimate of drug-likeness (QED) is 0.437. The minimum atomic E-state index is -1.00. The van der Waals surface area contributed by atoms with Gasteiger partial charge in [-0.3, -0.25) is 4.79 Å². The Labute approximate surface area is 189 Å². The molecule has 3 heterocycles. The van der Waals surface area contributed by atoms with Gasteiger partial charge < -0.3 is 21.1 Å². The van der Waals surface area contributed by atoms with E-state index < -0.39 is 17.3 Å². The zero-order chi connectivity index (χ0) is 21.3. The molecule has 5 N–H and O–H groups in total. The monoisotopic (exact) mass is 468 g/mol. The number of pyridine rings is 1. The summed E-state index contributed by atoms with van der Waals surface area (Å²) in [6.07, 6.45) is 7.23. The van der Waals surface area contributed by atoms with Gasteiger partial charge in [-0.2, -0.15) is 0 Å². The first kappa shape index (κ1) is 23.2. The molecular formula is C20H23Cl2FN6O2. The van der Waals surface area contributed by atoms with E-state index in [1.165, 1.54) is 6.20 Å². The predicted octanol–water partition coefficient (Wildman–Crippen LogP) is 3.59. The number of anilines is 1. The Morgan fingerprint density at radius 1 is 1.42 bits per heavy atom. The number of aromatic nitrogens is 4. The Bertz CT molecular complexity index is 1090. The predicted molar refractivity (Wildman–Crippen MR) is 119 cm³/mol. The molecule has 166 valence electrons. The van der Waals surface area contributed by atoms with Crippen LogP contribution in [0, 0.1) is 5.82 Å². The number of nitrogens with two attached hydrogens (primary N) is 1. The number of rotatable bonds is 6. The van der Waals surface area contributed by atoms with Crippen LogP contribution >= 0.6 is 24.0 Å². The van der Waals surface area contributed by atoms with Crippen LogP contribution in [0.2, 0.25) is 5.02 Å². The molecule has 2 atom stereocenters. The fourth-order valence-corrected chi connectivity index (χ4v) is 4.16. The molecular weight excluding hydrogens is 446 g/mol. The maximum atomic E-state index is 14.4. The van der Waals surface area contributed by atoms with Gasteiger partial charge in [0, 0.05) is 35.8 Å². The zero-order valence-corrected chi connectivity index (χ0v) is 18.1. The number of hydrogen-bond donors (Lipinski definition) is 4. The first-order chi connectivity index (χ1) is 14.3. The van der Waals surface area contributed by atoms with Crippen molar-refractivity contribution >= 4 is 46.8 Å². The van der Waals surface area contributed by atoms with Crippen LogP contribution in [0.4, 0.5) is 10.2 Å². The van der Waals surface area contributed by atoms with Crippen molar-refractivity contribution in [3.05, 3.63) is 35.5 Å². The number of nitrogens with one attached hydrogen (secondary N) is 2. The molecule has 0 spiro atoms. The van der Waals surface area contributed by atoms with Crippen molar-refractivity contribution in [1.29, 1.82) is 0 Å². The van der Waals surface area contributed by atoms with E-state index in [4.69, 9.17) is 17.3 Å². The van der Waals surface area contributed by atoms with Crippen LogP contribution in [0.3, 0.4) is 0 Å². The molecule has 0 radical (unpaired) electrons. The van der Waals surface area contributed by atoms with Crippen molar-refractivity contribution in [2.45, 2.75) is 50.2 Å². The lowest BCUT2D eigenvalue weighted by atomic mass is 9.79. The number of halogens is 3. The average molecular weight is 469 g/mol. The normalized spacial score (nSPS) is 20.9. The molecule has 1 amide bonds. The highest BCUT2D eigenvalue weighted by Gasteiger charge is 2.34. The van der Waals surface area contributed by atoms with E-state index in [1.54, 1.807) is 12.3 Å². The number of carbonyl (C=O) groups is 1. The summed E-state index contributed by atoms with van der Waals surface area (Å²) in [5.41, 5.74) is 5.49. The Hall–Kier alpha value is -2.49. The lowest BCUT2D eigenvalue weighted by Gasteiger charge is -2.37. The van der Waals surface area contributed by atoms with Crippen LogP contribution in [0.25, 0.3) is 22.4 Å². The van der Waals surface area contributed by atoms with Crippen molar-refractivity contribution < 1.29 is 14.3 Å². The van der Waals surface area contributed by atoms with Crippen LogP contribution in [0.5, 0.6) is 0 Å². The number of aliphatic hydroxyl groups is 1. The van der Waals surface area contributed by atoms with Gasteiger partial charge in [-0.05, 0) is 38.2 Å². The topological polar surface area (TPSA) is 130 Å². The summed E-state index contributed by atoms with van der Waals surface area (Å²) in [4.78, 5) is 26.8. The van der Waals surface area contributed by atoms with Crippen molar-refractivity contribution in [2.75, 3.05) is 5.32 Å². The molecule has 1 aliphatic rings. The molecule has 0 unspecified atom stereocenters. The third-order valence-electron chi connectivity index (χ3n) is 5.48. The Morgan fingerprint density at radius 2 is 2.23 bits per heavy atom. The number of fused-ring (bicyclic) bond motifs is 1. The van der Waals surface area contributed by atoms with Crippen molar-refractivity contribution in [2.24, 2.45) is 5.73 Å². The van der Waals surface area contributed by atoms with Gasteiger partial charge in [-0.25, -0.2) is 19.3 Å². The number of amides is 1. The van der Waals surface area contributed by atoms with E-state index >= 15 is 0 Å². The van der Waals surface area contributed by atoms with Crippen LogP contribution in [-0.2, 0) is 4.79 Å². The zero-order valence-electron chi connectivity index (χ0n) is 16.6. The van der Waals surface area contributed by atoms with Crippen LogP contribution in [0.1, 0.15) is 38.5 Å². The van der Waals surface area contributed by atoms with Gasteiger partial charge in [0.1, 0.15) is 5.65 Å². The van der Waals surface area contributed by atoms with Gasteiger partial charge in [-0.15, -0.1) is 12.4 Å². The molecule has 1 saturated carbocycles. The number of nitrogens with zero attached hydrogens (tertiary/aromatic N) is 3. The number of primary amides is 1. The second-order valence-corrected chi connectivity index (χ2v) is 8.21. The fraction of sp³-hybridized carbons (Fsp3) is 0.400. The summed E-state index contributed by atoms with van der Waals surface area (Å²) in [6.45, 7) is 0. The van der Waals surface area contributed by atoms with Crippen LogP contribution in [-0.4, -0.2) is 42.6 Å². The van der Waals surface area contributed by atoms with E-state index in [9.17, 15) is 14.3 Å². The Morgan fingerprint density at radius 3 is 3.00 bits per heavy atom. The summed E-state index contributed by atoms with van der Waals surface area (Å²) in [6, 6.07) is 1.56. The molecule has 0 aromatic carbocycles. The smallest absolute Gasteiger partial charge is 0.217 e. The summed E-state index contributed by atoms with van der Waals surface area (Å²) in [7, 11) is 0. The molecule has 0 bridgehead atoms. The standard InChI is InChI=1S/C20H22ClFN6O2.ClH/c21-11-6-13-14(9-25-17(13)24-8-11)18-26-10-15(22)19(28-18)27-12-2-1-4-20(30,7-12)5-3-16(23)29;/h6,8-10,12,30H,1-5,7H2,(H2,23,29)(H,24,25)(H,26,27,28);1H/t12-,20-;/m0./s1. The Balaban J connectivity index is 0.00000272. The maximum absolute atomic E-state index is 14.4. The molecule has 1 aliphatic carbocycles. The number of hydrogen-bond acceptors (Lipinski definition) is 6. The molecule has 3 aromatic heterocycles. The maximum Gasteiger partial charge on any atom is 0.217 e. The van der Waals surface area contributed by atoms with Gasteiger partial charge in [0.25, 0.3) is 0 Å². The average Bonchev–Trinajstić information content (AvgIpc) is 3.11. The minimum absolute atomic E-state index is 0. The van der Waals surface area contributed by atoms with Gasteiger partial charge in [0.15, 0.2) is 17.5 Å². The lowest BCUT2D eigenvalue weighted by Crippen LogP contribution is -2.41. The summed E-state index contributed by atoms with van der Waals surface area (Å²) < 4.78 is 14.4. The van der Waals surface area contributed by atoms with E-state index in [1.807, 2.05) is 0 Å². The highest BCUT2D eigenvalue weighted by Crippen LogP contribution is 2.34. The molecule has 1 fully saturated rings. The van der Waals surface area contributed by atoms with E-state index in [0.29, 0.717) is 41.3 Å². The van der Waals surface area contributed by atoms with E-state index in [-0.39, 0.29) is 30.7 Å². The molecule has 8 nitrogen and oxygen atoms in total. The summed E-state index contributed by atoms with van der Waals surface area (Å²) in [5.74, 6) is -0.637. The number of H-pyrrole nitrogens is 1. The minimum Gasteiger partial charge on any atom is -0.390 e. The van der Waals surface area contributed by atoms with Gasteiger partial charge >= 0.3 is 0 Å². The van der Waals surface area contributed by atoms with Gasteiger partial charge in [0.05, 0.1) is 16.8 Å². The molecule has 0 aliphatic heterocycles. The molecule has 31 heavy (non-hydrogen) atoms. The van der Waals surface area contributed by atoms with E-state index in [2.05, 4.69) is 25.3 Å². The van der Waals surface area contributed by atoms with Crippen molar-refractivity contribution in [3.8, 4) is 11.4 Å². The highest BCUT2D eigenvalue weighted by molar-refractivity contribution is 6.31. The highest BCUT2D eigenvalue weighted by atomic mass is 35.5. The summed E-state index contributed by atoms with van der Waals surface area (Å²) in [5, 5.41) is 15.1. The van der Waals surface area contributed by atoms with Gasteiger partial charge in [0.2, 0.25) is 5.91 Å². The van der Waals surface area contributed by atoms with Crippen molar-refractivity contribution in [3.63, 3.8) is 0 Å². The third-order valence-corrected chi connectivity index (χ3v) is 5.69. The summed E-state index contributed by atoms with van der Waals surface area (Å²) >= 11 is 6.05. The fourth-order valence-electron chi connectivity index (χ4n) is 4.00. The lowest BCUT2D eigenvalue weighted by molar-refractivity contribution is -0.119. The van der Waals surface area contributed by atoms with Crippen LogP contribution in [0.15, 0.2) is 24.7 Å². The first-order valence-electron chi connectivity index (χ1n) is 9.76. The van der Waals surface area contributed by atoms with E-state index in [0.717, 1.165) is 24.4 Å². The second-order valence-electron chi connectivity index (χ2n) is 7.77. The largest absolute Gasteiger partial charge is 0.390 e. The number of carbonyl (C=O) groups excluding carboxylic acids is 1. The molecule has 4 rings (SSSR count). The van der Waals surface area contributed by atoms with Gasteiger partial charge in [-0.1, -0.05) is 11.6 Å². The molecule has 0 saturated heterocycles. The van der Waals surface area contributed by atoms with Crippen LogP contribution < -0.4 is 11.1 Å².